The molecule has 1 fully saturated rings. The zero-order valence-electron chi connectivity index (χ0n) is 23.1. The van der Waals surface area contributed by atoms with Crippen LogP contribution in [0.3, 0.4) is 0 Å². The van der Waals surface area contributed by atoms with E-state index in [-0.39, 0.29) is 24.2 Å². The number of amidine groups is 1. The number of halogens is 1. The third kappa shape index (κ3) is 4.96. The first-order valence-electron chi connectivity index (χ1n) is 13.5. The molecule has 2 aliphatic rings. The Morgan fingerprint density at radius 3 is 2.56 bits per heavy atom. The molecule has 1 aromatic heterocycles. The molecular weight excluding hydrogens is 497 g/mol. The first kappa shape index (κ1) is 27.0. The van der Waals surface area contributed by atoms with Gasteiger partial charge in [0.15, 0.2) is 5.66 Å². The monoisotopic (exact) mass is 533 g/mol. The Balaban J connectivity index is 1.45. The molecule has 2 aromatic carbocycles. The Kier molecular flexibility index (Phi) is 7.31. The number of carbonyl (C=O) groups is 1. The van der Waals surface area contributed by atoms with E-state index >= 15 is 0 Å². The van der Waals surface area contributed by atoms with Gasteiger partial charge in [-0.15, -0.1) is 0 Å². The zero-order chi connectivity index (χ0) is 27.9. The van der Waals surface area contributed by atoms with E-state index in [4.69, 9.17) is 9.52 Å². The van der Waals surface area contributed by atoms with Gasteiger partial charge in [0.2, 0.25) is 5.91 Å². The molecule has 206 valence electrons. The maximum atomic E-state index is 14.3. The van der Waals surface area contributed by atoms with Crippen LogP contribution >= 0.6 is 0 Å². The van der Waals surface area contributed by atoms with Gasteiger partial charge < -0.3 is 20.0 Å². The van der Waals surface area contributed by atoms with Crippen molar-refractivity contribution in [3.05, 3.63) is 77.4 Å². The first-order chi connectivity index (χ1) is 18.6. The van der Waals surface area contributed by atoms with Crippen molar-refractivity contribution in [3.63, 3.8) is 0 Å². The van der Waals surface area contributed by atoms with Crippen LogP contribution in [-0.2, 0) is 10.5 Å². The SMILES string of the molecule is CCN1NC(C2C[C@@H](O)CN2C(=O)[C@@H](c2cc(C)no2)C(C)C)=NC1(C)c1ccc(-c2ccccc2F)cc1. The molecule has 0 bridgehead atoms. The fraction of sp³-hybridized carbons (Fsp3) is 0.433. The van der Waals surface area contributed by atoms with E-state index in [2.05, 4.69) is 10.6 Å². The number of amides is 1. The minimum Gasteiger partial charge on any atom is -0.391 e. The number of nitrogens with one attached hydrogen (secondary N) is 1. The zero-order valence-corrected chi connectivity index (χ0v) is 23.1. The minimum absolute atomic E-state index is 0.0212. The number of rotatable bonds is 7. The number of carbonyl (C=O) groups excluding carboxylic acids is 1. The van der Waals surface area contributed by atoms with Crippen molar-refractivity contribution >= 4 is 11.7 Å². The number of aliphatic imine (C=N–C) groups is 1. The number of hydrazine groups is 1. The molecule has 2 aliphatic heterocycles. The molecule has 5 rings (SSSR count). The highest BCUT2D eigenvalue weighted by Crippen LogP contribution is 2.37. The number of aliphatic hydroxyl groups is 1. The van der Waals surface area contributed by atoms with Crippen molar-refractivity contribution in [2.75, 3.05) is 13.1 Å². The molecule has 9 heteroatoms. The predicted molar refractivity (Wildman–Crippen MR) is 147 cm³/mol. The summed E-state index contributed by atoms with van der Waals surface area (Å²) in [5.41, 5.74) is 5.66. The summed E-state index contributed by atoms with van der Waals surface area (Å²) in [6.07, 6.45) is -0.271. The molecule has 2 N–H and O–H groups in total. The molecule has 4 atom stereocenters. The molecule has 0 radical (unpaired) electrons. The van der Waals surface area contributed by atoms with E-state index in [0.29, 0.717) is 30.1 Å². The summed E-state index contributed by atoms with van der Waals surface area (Å²) >= 11 is 0. The average molecular weight is 534 g/mol. The van der Waals surface area contributed by atoms with E-state index in [0.717, 1.165) is 16.8 Å². The number of aliphatic hydroxyl groups excluding tert-OH is 1. The Bertz CT molecular complexity index is 1370. The van der Waals surface area contributed by atoms with Crippen LogP contribution in [0.5, 0.6) is 0 Å². The summed E-state index contributed by atoms with van der Waals surface area (Å²) in [6, 6.07) is 15.8. The van der Waals surface area contributed by atoms with Gasteiger partial charge in [-0.3, -0.25) is 4.79 Å². The lowest BCUT2D eigenvalue weighted by atomic mass is 9.91. The van der Waals surface area contributed by atoms with Crippen molar-refractivity contribution in [2.45, 2.75) is 64.8 Å². The summed E-state index contributed by atoms with van der Waals surface area (Å²) in [5, 5.41) is 16.7. The third-order valence-electron chi connectivity index (χ3n) is 7.81. The maximum Gasteiger partial charge on any atom is 0.234 e. The predicted octanol–water partition coefficient (Wildman–Crippen LogP) is 4.60. The quantitative estimate of drug-likeness (QED) is 0.461. The molecule has 0 saturated carbocycles. The Morgan fingerprint density at radius 2 is 1.95 bits per heavy atom. The van der Waals surface area contributed by atoms with Crippen LogP contribution in [0.1, 0.15) is 57.1 Å². The standard InChI is InChI=1S/C30H36FN5O3/c1-6-36-30(5,21-13-11-20(12-14-21)23-9-7-8-10-24(23)31)32-28(33-36)25-16-22(37)17-35(25)29(38)27(18(2)3)26-15-19(4)34-39-26/h7-15,18,22,25,27,37H,6,16-17H2,1-5H3,(H,32,33)/t22-,25?,27-,30?/m1/s1. The second-order valence-corrected chi connectivity index (χ2v) is 10.9. The summed E-state index contributed by atoms with van der Waals surface area (Å²) < 4.78 is 19.8. The maximum absolute atomic E-state index is 14.3. The van der Waals surface area contributed by atoms with Gasteiger partial charge in [0, 0.05) is 31.1 Å². The smallest absolute Gasteiger partial charge is 0.234 e. The van der Waals surface area contributed by atoms with Crippen molar-refractivity contribution < 1.29 is 18.8 Å². The third-order valence-corrected chi connectivity index (χ3v) is 7.81. The molecule has 3 heterocycles. The number of aryl methyl sites for hydroxylation is 1. The van der Waals surface area contributed by atoms with Crippen molar-refractivity contribution in [2.24, 2.45) is 10.9 Å². The van der Waals surface area contributed by atoms with Gasteiger partial charge in [-0.2, -0.15) is 5.01 Å². The second-order valence-electron chi connectivity index (χ2n) is 10.9. The lowest BCUT2D eigenvalue weighted by Gasteiger charge is -2.32. The van der Waals surface area contributed by atoms with Gasteiger partial charge >= 0.3 is 0 Å². The van der Waals surface area contributed by atoms with Gasteiger partial charge in [-0.1, -0.05) is 68.4 Å². The van der Waals surface area contributed by atoms with Gasteiger partial charge in [-0.25, -0.2) is 9.38 Å². The van der Waals surface area contributed by atoms with Crippen LogP contribution < -0.4 is 5.43 Å². The number of likely N-dealkylation sites (tertiary alicyclic amines) is 1. The van der Waals surface area contributed by atoms with Gasteiger partial charge in [0.1, 0.15) is 23.3 Å². The Labute approximate surface area is 228 Å². The molecule has 8 nitrogen and oxygen atoms in total. The summed E-state index contributed by atoms with van der Waals surface area (Å²) in [4.78, 5) is 20.7. The minimum atomic E-state index is -0.750. The summed E-state index contributed by atoms with van der Waals surface area (Å²) in [7, 11) is 0. The number of β-amino-alcohol motifs (C(OH)–C–C–N with tert-alkyl or cyclic N) is 1. The fourth-order valence-corrected chi connectivity index (χ4v) is 5.74. The number of benzene rings is 2. The van der Waals surface area contributed by atoms with E-state index in [1.54, 1.807) is 23.1 Å². The van der Waals surface area contributed by atoms with Crippen LogP contribution in [0.2, 0.25) is 0 Å². The van der Waals surface area contributed by atoms with Gasteiger partial charge in [0.05, 0.1) is 17.8 Å². The Morgan fingerprint density at radius 1 is 1.23 bits per heavy atom. The molecule has 1 saturated heterocycles. The molecule has 39 heavy (non-hydrogen) atoms. The van der Waals surface area contributed by atoms with E-state index in [9.17, 15) is 14.3 Å². The van der Waals surface area contributed by atoms with Crippen LogP contribution in [0.25, 0.3) is 11.1 Å². The lowest BCUT2D eigenvalue weighted by Crippen LogP contribution is -2.51. The second kappa shape index (κ2) is 10.5. The summed E-state index contributed by atoms with van der Waals surface area (Å²) in [6.45, 7) is 10.7. The molecule has 0 aliphatic carbocycles. The van der Waals surface area contributed by atoms with Crippen molar-refractivity contribution in [1.82, 2.24) is 20.5 Å². The molecule has 2 unspecified atom stereocenters. The number of hydrogen-bond acceptors (Lipinski definition) is 7. The van der Waals surface area contributed by atoms with E-state index in [1.807, 2.05) is 70.0 Å². The number of nitrogens with zero attached hydrogens (tertiary/aromatic N) is 4. The van der Waals surface area contributed by atoms with E-state index in [1.165, 1.54) is 6.07 Å². The van der Waals surface area contributed by atoms with Crippen LogP contribution in [0, 0.1) is 18.7 Å². The molecule has 1 amide bonds. The number of aromatic nitrogens is 1. The summed E-state index contributed by atoms with van der Waals surface area (Å²) in [5.74, 6) is 0.257. The highest BCUT2D eigenvalue weighted by Gasteiger charge is 2.47. The lowest BCUT2D eigenvalue weighted by molar-refractivity contribution is -0.134. The molecular formula is C30H36FN5O3. The number of hydrogen-bond donors (Lipinski definition) is 2. The first-order valence-corrected chi connectivity index (χ1v) is 13.5. The fourth-order valence-electron chi connectivity index (χ4n) is 5.74. The van der Waals surface area contributed by atoms with E-state index < -0.39 is 23.7 Å². The molecule has 3 aromatic rings. The van der Waals surface area contributed by atoms with Crippen molar-refractivity contribution in [1.29, 1.82) is 0 Å². The van der Waals surface area contributed by atoms with Crippen LogP contribution in [-0.4, -0.2) is 57.2 Å². The normalized spacial score (nSPS) is 24.2. The Hall–Kier alpha value is -3.56. The van der Waals surface area contributed by atoms with Crippen LogP contribution in [0.15, 0.2) is 64.1 Å². The topological polar surface area (TPSA) is 94.2 Å². The van der Waals surface area contributed by atoms with Gasteiger partial charge in [-0.05, 0) is 37.0 Å². The van der Waals surface area contributed by atoms with Crippen LogP contribution in [0.4, 0.5) is 4.39 Å². The van der Waals surface area contributed by atoms with Gasteiger partial charge in [0.25, 0.3) is 0 Å². The van der Waals surface area contributed by atoms with Crippen molar-refractivity contribution in [3.8, 4) is 11.1 Å². The average Bonchev–Trinajstić information content (AvgIpc) is 3.61. The molecule has 0 spiro atoms. The highest BCUT2D eigenvalue weighted by atomic mass is 19.1. The largest absolute Gasteiger partial charge is 0.391 e. The highest BCUT2D eigenvalue weighted by molar-refractivity contribution is 5.95.